The molecule has 5 rings (SSSR count). The Morgan fingerprint density at radius 1 is 1.11 bits per heavy atom. The number of fused-ring (bicyclic) bond motifs is 4. The molecule has 1 aromatic carbocycles. The molecule has 0 bridgehead atoms. The lowest BCUT2D eigenvalue weighted by Gasteiger charge is -2.51. The number of amides is 4. The third kappa shape index (κ3) is 3.09. The van der Waals surface area contributed by atoms with Crippen LogP contribution in [0.5, 0.6) is 11.5 Å². The van der Waals surface area contributed by atoms with E-state index in [9.17, 15) is 24.3 Å². The fourth-order valence-corrected chi connectivity index (χ4v) is 8.61. The van der Waals surface area contributed by atoms with Crippen LogP contribution in [-0.4, -0.2) is 67.9 Å². The van der Waals surface area contributed by atoms with E-state index in [0.717, 1.165) is 9.80 Å². The largest absolute Gasteiger partial charge is 0.503 e. The molecular weight excluding hydrogens is 711 g/mol. The molecule has 0 radical (unpaired) electrons. The summed E-state index contributed by atoms with van der Waals surface area (Å²) in [6.07, 6.45) is 2.04. The van der Waals surface area contributed by atoms with Crippen LogP contribution in [0.15, 0.2) is 26.7 Å². The minimum absolute atomic E-state index is 0.0868. The average molecular weight is 730 g/mol. The van der Waals surface area contributed by atoms with Gasteiger partial charge in [0, 0.05) is 17.4 Å². The second kappa shape index (κ2) is 8.69. The van der Waals surface area contributed by atoms with Crippen molar-refractivity contribution in [2.24, 2.45) is 17.8 Å². The number of benzene rings is 1. The smallest absolute Gasteiger partial charge is 0.254 e. The Morgan fingerprint density at radius 2 is 1.78 bits per heavy atom. The lowest BCUT2D eigenvalue weighted by molar-refractivity contribution is -0.140. The van der Waals surface area contributed by atoms with Crippen LogP contribution in [0.2, 0.25) is 0 Å². The number of phenolic OH excluding ortho intramolecular Hbond substituents is 1. The molecule has 6 atom stereocenters. The number of hydrogen-bond acceptors (Lipinski definition) is 6. The minimum Gasteiger partial charge on any atom is -0.503 e. The Balaban J connectivity index is 1.81. The van der Waals surface area contributed by atoms with E-state index < -0.39 is 45.2 Å². The van der Waals surface area contributed by atoms with Crippen molar-refractivity contribution in [2.75, 3.05) is 19.6 Å². The molecule has 2 aliphatic carbocycles. The number of allylic oxidation sites excluding steroid dienone is 2. The number of carbonyl (C=O) groups is 4. The van der Waals surface area contributed by atoms with Crippen molar-refractivity contribution in [3.05, 3.63) is 32.2 Å². The van der Waals surface area contributed by atoms with E-state index >= 15 is 0 Å². The zero-order chi connectivity index (χ0) is 26.5. The highest BCUT2D eigenvalue weighted by molar-refractivity contribution is 9.13. The molecule has 192 valence electrons. The average Bonchev–Trinajstić information content (AvgIpc) is 3.16. The van der Waals surface area contributed by atoms with Gasteiger partial charge in [-0.15, -0.1) is 23.2 Å². The molecule has 3 fully saturated rings. The van der Waals surface area contributed by atoms with Crippen molar-refractivity contribution in [2.45, 2.75) is 28.5 Å². The van der Waals surface area contributed by atoms with E-state index in [2.05, 4.69) is 47.8 Å². The molecule has 4 amide bonds. The van der Waals surface area contributed by atoms with E-state index in [1.54, 1.807) is 0 Å². The van der Waals surface area contributed by atoms with Gasteiger partial charge in [0.05, 0.1) is 28.9 Å². The van der Waals surface area contributed by atoms with E-state index in [0.29, 0.717) is 15.6 Å². The number of rotatable bonds is 3. The number of methoxy groups -OCH3 is 1. The highest BCUT2D eigenvalue weighted by Gasteiger charge is 2.76. The molecule has 4 aliphatic rings. The van der Waals surface area contributed by atoms with Crippen LogP contribution in [0, 0.1) is 17.8 Å². The number of aromatic hydroxyl groups is 1. The monoisotopic (exact) mass is 726 g/mol. The van der Waals surface area contributed by atoms with Crippen LogP contribution in [0.3, 0.4) is 0 Å². The first-order valence-electron chi connectivity index (χ1n) is 10.9. The lowest BCUT2D eigenvalue weighted by atomic mass is 9.56. The third-order valence-corrected chi connectivity index (χ3v) is 12.0. The van der Waals surface area contributed by atoms with Gasteiger partial charge >= 0.3 is 0 Å². The maximum Gasteiger partial charge on any atom is 0.254 e. The topological polar surface area (TPSA) is 104 Å². The SMILES string of the molecule is COc1cc([C@H]2C3=CC[C@@H]4C(=O)N(C)C(=O)[C@@H]4[C@@H]3C[C@@]3(Cl)C(=O)N(CBr)C(=O)[C@@]23Cl)c(Br)c(Br)c1O. The number of likely N-dealkylation sites (tertiary alicyclic amines) is 2. The summed E-state index contributed by atoms with van der Waals surface area (Å²) in [6.45, 7) is 0. The van der Waals surface area contributed by atoms with Crippen molar-refractivity contribution >= 4 is 94.6 Å². The van der Waals surface area contributed by atoms with Crippen LogP contribution in [0.4, 0.5) is 0 Å². The summed E-state index contributed by atoms with van der Waals surface area (Å²) >= 11 is 24.4. The van der Waals surface area contributed by atoms with Gasteiger partial charge in [0.25, 0.3) is 11.8 Å². The van der Waals surface area contributed by atoms with E-state index in [-0.39, 0.29) is 46.1 Å². The van der Waals surface area contributed by atoms with E-state index in [1.807, 2.05) is 6.08 Å². The number of halogens is 5. The first-order valence-corrected chi connectivity index (χ1v) is 14.4. The summed E-state index contributed by atoms with van der Waals surface area (Å²) in [4.78, 5) is 51.6. The molecule has 8 nitrogen and oxygen atoms in total. The Hall–Kier alpha value is -1.14. The number of phenols is 1. The standard InChI is InChI=1S/C23H19Br3Cl2N2O6/c1-29-18(32)9-4-3-8-11(13(9)19(29)33)6-22(27)20(34)30(7-24)21(35)23(22,28)14(8)10-5-12(36-2)17(31)16(26)15(10)25/h3,5,9,11,13-14,31H,4,6-7H2,1-2H3/t9-,11+,13-,14+,22+,23-/m0/s1. The van der Waals surface area contributed by atoms with Gasteiger partial charge in [0.2, 0.25) is 11.8 Å². The first kappa shape index (κ1) is 26.5. The summed E-state index contributed by atoms with van der Waals surface area (Å²) in [7, 11) is 2.83. The van der Waals surface area contributed by atoms with Crippen LogP contribution >= 0.6 is 71.0 Å². The second-order valence-corrected chi connectivity index (χ2v) is 12.7. The lowest BCUT2D eigenvalue weighted by Crippen LogP contribution is -2.60. The number of carbonyl (C=O) groups excluding carboxylic acids is 4. The molecular formula is C23H19Br3Cl2N2O6. The summed E-state index contributed by atoms with van der Waals surface area (Å²) in [5.41, 5.74) is 0.977. The quantitative estimate of drug-likeness (QED) is 0.216. The predicted molar refractivity (Wildman–Crippen MR) is 141 cm³/mol. The van der Waals surface area contributed by atoms with Crippen molar-refractivity contribution in [3.8, 4) is 11.5 Å². The van der Waals surface area contributed by atoms with Crippen molar-refractivity contribution < 1.29 is 29.0 Å². The Bertz CT molecular complexity index is 1290. The fourth-order valence-electron chi connectivity index (χ4n) is 6.23. The molecule has 13 heteroatoms. The normalized spacial score (nSPS) is 35.6. The molecule has 36 heavy (non-hydrogen) atoms. The van der Waals surface area contributed by atoms with Gasteiger partial charge in [0.15, 0.2) is 21.2 Å². The van der Waals surface area contributed by atoms with Crippen LogP contribution in [0.1, 0.15) is 24.3 Å². The number of ether oxygens (including phenoxy) is 1. The summed E-state index contributed by atoms with van der Waals surface area (Å²) in [5, 5.41) is 10.5. The van der Waals surface area contributed by atoms with Gasteiger partial charge in [-0.05, 0) is 62.2 Å². The van der Waals surface area contributed by atoms with E-state index in [4.69, 9.17) is 27.9 Å². The zero-order valence-electron chi connectivity index (χ0n) is 18.9. The summed E-state index contributed by atoms with van der Waals surface area (Å²) in [6, 6.07) is 1.54. The fraction of sp³-hybridized carbons (Fsp3) is 0.478. The van der Waals surface area contributed by atoms with Gasteiger partial charge < -0.3 is 9.84 Å². The highest BCUT2D eigenvalue weighted by atomic mass is 79.9. The predicted octanol–water partition coefficient (Wildman–Crippen LogP) is 4.27. The molecule has 1 aromatic rings. The number of imide groups is 2. The molecule has 2 aliphatic heterocycles. The molecule has 0 spiro atoms. The van der Waals surface area contributed by atoms with Gasteiger partial charge in [-0.25, -0.2) is 0 Å². The maximum atomic E-state index is 13.8. The van der Waals surface area contributed by atoms with Crippen LogP contribution < -0.4 is 4.74 Å². The summed E-state index contributed by atoms with van der Waals surface area (Å²) < 4.78 is 6.00. The molecule has 0 aromatic heterocycles. The van der Waals surface area contributed by atoms with Gasteiger partial charge in [-0.1, -0.05) is 27.6 Å². The second-order valence-electron chi connectivity index (χ2n) is 9.37. The van der Waals surface area contributed by atoms with Crippen molar-refractivity contribution in [1.82, 2.24) is 9.80 Å². The Labute approximate surface area is 241 Å². The van der Waals surface area contributed by atoms with Crippen molar-refractivity contribution in [1.29, 1.82) is 0 Å². The van der Waals surface area contributed by atoms with Gasteiger partial charge in [-0.3, -0.25) is 29.0 Å². The van der Waals surface area contributed by atoms with E-state index in [1.165, 1.54) is 20.2 Å². The molecule has 1 N–H and O–H groups in total. The number of hydrogen-bond donors (Lipinski definition) is 1. The van der Waals surface area contributed by atoms with Crippen LogP contribution in [0.25, 0.3) is 0 Å². The Morgan fingerprint density at radius 3 is 2.39 bits per heavy atom. The zero-order valence-corrected chi connectivity index (χ0v) is 25.1. The van der Waals surface area contributed by atoms with Crippen molar-refractivity contribution in [3.63, 3.8) is 0 Å². The molecule has 0 unspecified atom stereocenters. The van der Waals surface area contributed by atoms with Crippen LogP contribution in [-0.2, 0) is 19.2 Å². The molecule has 2 heterocycles. The minimum atomic E-state index is -1.95. The Kier molecular flexibility index (Phi) is 6.39. The van der Waals surface area contributed by atoms with Gasteiger partial charge in [0.1, 0.15) is 0 Å². The third-order valence-electron chi connectivity index (χ3n) is 7.94. The molecule has 1 saturated carbocycles. The maximum absolute atomic E-state index is 13.8. The van der Waals surface area contributed by atoms with Gasteiger partial charge in [-0.2, -0.15) is 0 Å². The number of nitrogens with zero attached hydrogens (tertiary/aromatic N) is 2. The number of alkyl halides is 3. The summed E-state index contributed by atoms with van der Waals surface area (Å²) in [5.74, 6) is -4.94. The molecule has 2 saturated heterocycles. The first-order chi connectivity index (χ1) is 16.9. The highest BCUT2D eigenvalue weighted by Crippen LogP contribution is 2.66.